The van der Waals surface area contributed by atoms with E-state index in [-0.39, 0.29) is 0 Å². The zero-order valence-electron chi connectivity index (χ0n) is 8.09. The second-order valence-electron chi connectivity index (χ2n) is 3.28. The number of rotatable bonds is 1. The minimum absolute atomic E-state index is 0.792. The molecule has 0 unspecified atom stereocenters. The van der Waals surface area contributed by atoms with Gasteiger partial charge in [0.05, 0.1) is 5.52 Å². The number of benzene rings is 1. The van der Waals surface area contributed by atoms with Crippen LogP contribution in [-0.2, 0) is 0 Å². The van der Waals surface area contributed by atoms with Crippen LogP contribution in [0.3, 0.4) is 0 Å². The van der Waals surface area contributed by atoms with Crippen molar-refractivity contribution < 1.29 is 0 Å². The first-order valence-electron chi connectivity index (χ1n) is 4.67. The summed E-state index contributed by atoms with van der Waals surface area (Å²) in [4.78, 5) is 8.64. The van der Waals surface area contributed by atoms with Gasteiger partial charge in [0.15, 0.2) is 8.84 Å². The first-order valence-corrected chi connectivity index (χ1v) is 6.52. The molecule has 78 valence electrons. The number of hydrogen-bond acceptors (Lipinski definition) is 4. The second-order valence-corrected chi connectivity index (χ2v) is 5.79. The summed E-state index contributed by atoms with van der Waals surface area (Å²) in [6.07, 6.45) is 1.80. The molecule has 0 aliphatic carbocycles. The fourth-order valence-electron chi connectivity index (χ4n) is 1.54. The van der Waals surface area contributed by atoms with Crippen LogP contribution in [-0.4, -0.2) is 14.3 Å². The standard InChI is InChI=1S/C11H6IN3S/c12-11-14-10(15-16-11)8-3-4-9-7(6-8)2-1-5-13-9/h1-6H. The van der Waals surface area contributed by atoms with Gasteiger partial charge in [-0.05, 0) is 58.4 Å². The maximum absolute atomic E-state index is 4.36. The van der Waals surface area contributed by atoms with E-state index < -0.39 is 0 Å². The van der Waals surface area contributed by atoms with Crippen molar-refractivity contribution >= 4 is 45.0 Å². The Morgan fingerprint density at radius 2 is 2.12 bits per heavy atom. The van der Waals surface area contributed by atoms with Crippen molar-refractivity contribution in [1.82, 2.24) is 14.3 Å². The van der Waals surface area contributed by atoms with Crippen LogP contribution in [0.5, 0.6) is 0 Å². The molecule has 3 rings (SSSR count). The van der Waals surface area contributed by atoms with Gasteiger partial charge in [-0.1, -0.05) is 6.07 Å². The molecule has 16 heavy (non-hydrogen) atoms. The smallest absolute Gasteiger partial charge is 0.174 e. The number of fused-ring (bicyclic) bond motifs is 1. The van der Waals surface area contributed by atoms with Crippen LogP contribution in [0.2, 0.25) is 0 Å². The molecule has 0 bridgehead atoms. The van der Waals surface area contributed by atoms with E-state index >= 15 is 0 Å². The second kappa shape index (κ2) is 4.06. The van der Waals surface area contributed by atoms with Gasteiger partial charge in [0.25, 0.3) is 0 Å². The summed E-state index contributed by atoms with van der Waals surface area (Å²) in [7, 11) is 0. The summed E-state index contributed by atoms with van der Waals surface area (Å²) in [6, 6.07) is 10.1. The van der Waals surface area contributed by atoms with Crippen molar-refractivity contribution in [1.29, 1.82) is 0 Å². The summed E-state index contributed by atoms with van der Waals surface area (Å²) in [5.41, 5.74) is 2.04. The lowest BCUT2D eigenvalue weighted by Crippen LogP contribution is -1.82. The molecule has 5 heteroatoms. The van der Waals surface area contributed by atoms with E-state index in [2.05, 4.69) is 43.0 Å². The van der Waals surface area contributed by atoms with Crippen LogP contribution >= 0.6 is 34.1 Å². The minimum Gasteiger partial charge on any atom is -0.256 e. The Morgan fingerprint density at radius 1 is 1.19 bits per heavy atom. The number of aromatic nitrogens is 3. The molecule has 2 heterocycles. The third-order valence-corrected chi connectivity index (χ3v) is 3.60. The molecule has 0 amide bonds. The highest BCUT2D eigenvalue weighted by molar-refractivity contribution is 14.1. The summed E-state index contributed by atoms with van der Waals surface area (Å²) in [6.45, 7) is 0. The van der Waals surface area contributed by atoms with Gasteiger partial charge < -0.3 is 0 Å². The molecule has 1 aromatic carbocycles. The van der Waals surface area contributed by atoms with E-state index in [0.29, 0.717) is 0 Å². The zero-order chi connectivity index (χ0) is 11.0. The molecule has 0 saturated heterocycles. The SMILES string of the molecule is Ic1nc(-c2ccc3ncccc3c2)ns1. The Bertz CT molecular complexity index is 650. The van der Waals surface area contributed by atoms with E-state index in [1.165, 1.54) is 11.5 Å². The van der Waals surface area contributed by atoms with Crippen LogP contribution in [0, 0.1) is 3.01 Å². The lowest BCUT2D eigenvalue weighted by molar-refractivity contribution is 1.30. The Labute approximate surface area is 110 Å². The normalized spacial score (nSPS) is 10.8. The Hall–Kier alpha value is -1.08. The predicted octanol–water partition coefficient (Wildman–Crippen LogP) is 3.36. The van der Waals surface area contributed by atoms with Gasteiger partial charge in [0.2, 0.25) is 0 Å². The monoisotopic (exact) mass is 339 g/mol. The van der Waals surface area contributed by atoms with Crippen LogP contribution < -0.4 is 0 Å². The molecular weight excluding hydrogens is 333 g/mol. The molecule has 0 aliphatic rings. The van der Waals surface area contributed by atoms with Gasteiger partial charge in [-0.25, -0.2) is 4.98 Å². The van der Waals surface area contributed by atoms with Crippen LogP contribution in [0.4, 0.5) is 0 Å². The fraction of sp³-hybridized carbons (Fsp3) is 0. The van der Waals surface area contributed by atoms with Crippen molar-refractivity contribution in [2.75, 3.05) is 0 Å². The molecule has 0 fully saturated rings. The molecule has 3 nitrogen and oxygen atoms in total. The fourth-order valence-corrected chi connectivity index (χ4v) is 2.50. The van der Waals surface area contributed by atoms with E-state index in [1.807, 2.05) is 24.3 Å². The molecule has 2 aromatic heterocycles. The van der Waals surface area contributed by atoms with E-state index in [9.17, 15) is 0 Å². The first-order chi connectivity index (χ1) is 7.83. The summed E-state index contributed by atoms with van der Waals surface area (Å²) in [5, 5.41) is 1.12. The lowest BCUT2D eigenvalue weighted by Gasteiger charge is -1.98. The molecule has 3 aromatic rings. The predicted molar refractivity (Wildman–Crippen MR) is 73.4 cm³/mol. The number of pyridine rings is 1. The quantitative estimate of drug-likeness (QED) is 0.638. The van der Waals surface area contributed by atoms with Gasteiger partial charge in [-0.2, -0.15) is 4.37 Å². The van der Waals surface area contributed by atoms with Gasteiger partial charge in [-0.15, -0.1) is 0 Å². The minimum atomic E-state index is 0.792. The van der Waals surface area contributed by atoms with Crippen LogP contribution in [0.1, 0.15) is 0 Å². The van der Waals surface area contributed by atoms with Crippen LogP contribution in [0.15, 0.2) is 36.5 Å². The van der Waals surface area contributed by atoms with Gasteiger partial charge in [-0.3, -0.25) is 4.98 Å². The molecule has 0 aliphatic heterocycles. The van der Waals surface area contributed by atoms with Crippen molar-refractivity contribution in [3.63, 3.8) is 0 Å². The van der Waals surface area contributed by atoms with E-state index in [0.717, 1.165) is 25.3 Å². The topological polar surface area (TPSA) is 38.7 Å². The lowest BCUT2D eigenvalue weighted by atomic mass is 10.1. The maximum Gasteiger partial charge on any atom is 0.174 e. The average Bonchev–Trinajstić information content (AvgIpc) is 2.75. The molecule has 0 radical (unpaired) electrons. The number of halogens is 1. The molecular formula is C11H6IN3S. The Morgan fingerprint density at radius 3 is 2.94 bits per heavy atom. The average molecular weight is 339 g/mol. The molecule has 0 spiro atoms. The first kappa shape index (κ1) is 10.1. The molecule has 0 atom stereocenters. The van der Waals surface area contributed by atoms with E-state index in [4.69, 9.17) is 0 Å². The Kier molecular flexibility index (Phi) is 2.56. The van der Waals surface area contributed by atoms with Crippen molar-refractivity contribution in [2.45, 2.75) is 0 Å². The zero-order valence-corrected chi connectivity index (χ0v) is 11.1. The van der Waals surface area contributed by atoms with Crippen molar-refractivity contribution in [3.05, 3.63) is 39.5 Å². The molecule has 0 N–H and O–H groups in total. The molecule has 0 saturated carbocycles. The highest BCUT2D eigenvalue weighted by Gasteiger charge is 2.05. The van der Waals surface area contributed by atoms with Crippen molar-refractivity contribution in [3.8, 4) is 11.4 Å². The van der Waals surface area contributed by atoms with Crippen molar-refractivity contribution in [2.24, 2.45) is 0 Å². The highest BCUT2D eigenvalue weighted by Crippen LogP contribution is 2.22. The van der Waals surface area contributed by atoms with Gasteiger partial charge in [0, 0.05) is 17.1 Å². The van der Waals surface area contributed by atoms with E-state index in [1.54, 1.807) is 6.20 Å². The summed E-state index contributed by atoms with van der Waals surface area (Å²) < 4.78 is 5.25. The number of nitrogens with zero attached hydrogens (tertiary/aromatic N) is 3. The Balaban J connectivity index is 2.18. The van der Waals surface area contributed by atoms with Gasteiger partial charge >= 0.3 is 0 Å². The third-order valence-electron chi connectivity index (χ3n) is 2.26. The summed E-state index contributed by atoms with van der Waals surface area (Å²) in [5.74, 6) is 0.792. The number of hydrogen-bond donors (Lipinski definition) is 0. The van der Waals surface area contributed by atoms with Gasteiger partial charge in [0.1, 0.15) is 0 Å². The highest BCUT2D eigenvalue weighted by atomic mass is 127. The van der Waals surface area contributed by atoms with Crippen LogP contribution in [0.25, 0.3) is 22.3 Å². The maximum atomic E-state index is 4.36. The summed E-state index contributed by atoms with van der Waals surface area (Å²) >= 11 is 3.59. The third kappa shape index (κ3) is 1.80. The largest absolute Gasteiger partial charge is 0.256 e.